The number of nitrogens with zero attached hydrogens (tertiary/aromatic N) is 3. The maximum atomic E-state index is 12.1. The van der Waals surface area contributed by atoms with Gasteiger partial charge >= 0.3 is 5.69 Å². The minimum atomic E-state index is -0.272. The molecule has 0 spiro atoms. The highest BCUT2D eigenvalue weighted by molar-refractivity contribution is 4.86. The lowest BCUT2D eigenvalue weighted by Crippen LogP contribution is -2.40. The van der Waals surface area contributed by atoms with Gasteiger partial charge < -0.3 is 15.2 Å². The Morgan fingerprint density at radius 2 is 1.84 bits per heavy atom. The number of nitrogens with two attached hydrogens (primary N) is 1. The van der Waals surface area contributed by atoms with Gasteiger partial charge in [0.15, 0.2) is 0 Å². The van der Waals surface area contributed by atoms with Gasteiger partial charge in [-0.05, 0) is 38.9 Å². The van der Waals surface area contributed by atoms with Crippen molar-refractivity contribution in [1.82, 2.24) is 14.0 Å². The first-order chi connectivity index (χ1) is 9.22. The van der Waals surface area contributed by atoms with Crippen LogP contribution >= 0.6 is 0 Å². The van der Waals surface area contributed by atoms with Crippen molar-refractivity contribution in [3.63, 3.8) is 0 Å². The van der Waals surface area contributed by atoms with Crippen LogP contribution in [-0.4, -0.2) is 40.2 Å². The van der Waals surface area contributed by atoms with Gasteiger partial charge in [-0.3, -0.25) is 9.36 Å². The number of rotatable bonds is 6. The van der Waals surface area contributed by atoms with Crippen LogP contribution in [0.25, 0.3) is 0 Å². The first kappa shape index (κ1) is 14.0. The van der Waals surface area contributed by atoms with Crippen molar-refractivity contribution in [3.8, 4) is 0 Å². The van der Waals surface area contributed by atoms with Crippen molar-refractivity contribution >= 4 is 0 Å². The first-order valence-corrected chi connectivity index (χ1v) is 6.95. The predicted octanol–water partition coefficient (Wildman–Crippen LogP) is -0.545. The average molecular weight is 266 g/mol. The third kappa shape index (κ3) is 3.54. The predicted molar refractivity (Wildman–Crippen MR) is 74.3 cm³/mol. The Morgan fingerprint density at radius 1 is 1.11 bits per heavy atom. The van der Waals surface area contributed by atoms with E-state index in [9.17, 15) is 9.59 Å². The normalized spacial score (nSPS) is 16.1. The second-order valence-electron chi connectivity index (χ2n) is 4.97. The summed E-state index contributed by atoms with van der Waals surface area (Å²) < 4.78 is 2.81. The van der Waals surface area contributed by atoms with E-state index < -0.39 is 0 Å². The van der Waals surface area contributed by atoms with Crippen LogP contribution in [0, 0.1) is 0 Å². The Labute approximate surface area is 112 Å². The highest BCUT2D eigenvalue weighted by atomic mass is 16.2. The van der Waals surface area contributed by atoms with Crippen molar-refractivity contribution < 1.29 is 0 Å². The fourth-order valence-electron chi connectivity index (χ4n) is 2.53. The molecule has 2 N–H and O–H groups in total. The molecule has 0 aromatic carbocycles. The van der Waals surface area contributed by atoms with E-state index in [4.69, 9.17) is 5.73 Å². The molecule has 1 aliphatic rings. The van der Waals surface area contributed by atoms with Gasteiger partial charge in [0.25, 0.3) is 5.56 Å². The largest absolute Gasteiger partial charge is 0.331 e. The van der Waals surface area contributed by atoms with Crippen LogP contribution in [0.15, 0.2) is 21.9 Å². The monoisotopic (exact) mass is 266 g/mol. The Morgan fingerprint density at radius 3 is 2.53 bits per heavy atom. The molecule has 6 heteroatoms. The quantitative estimate of drug-likeness (QED) is 0.750. The molecule has 0 aliphatic carbocycles. The highest BCUT2D eigenvalue weighted by Crippen LogP contribution is 2.07. The second-order valence-corrected chi connectivity index (χ2v) is 4.97. The molecule has 6 nitrogen and oxygen atoms in total. The molecular weight excluding hydrogens is 244 g/mol. The Kier molecular flexibility index (Phi) is 4.93. The van der Waals surface area contributed by atoms with Crippen LogP contribution in [-0.2, 0) is 13.1 Å². The minimum absolute atomic E-state index is 0.251. The summed E-state index contributed by atoms with van der Waals surface area (Å²) in [5.41, 5.74) is 4.89. The van der Waals surface area contributed by atoms with E-state index in [2.05, 4.69) is 4.90 Å². The fraction of sp³-hybridized carbons (Fsp3) is 0.692. The molecule has 0 unspecified atom stereocenters. The number of aromatic nitrogens is 2. The molecule has 2 heterocycles. The smallest absolute Gasteiger partial charge is 0.329 e. The van der Waals surface area contributed by atoms with Gasteiger partial charge in [0.05, 0.1) is 0 Å². The van der Waals surface area contributed by atoms with Gasteiger partial charge in [0.2, 0.25) is 0 Å². The van der Waals surface area contributed by atoms with Crippen LogP contribution in [0.2, 0.25) is 0 Å². The SMILES string of the molecule is NCCn1c(=O)ccn(CCCN2CCCC2)c1=O. The molecule has 19 heavy (non-hydrogen) atoms. The summed E-state index contributed by atoms with van der Waals surface area (Å²) in [6, 6.07) is 1.44. The molecule has 1 aromatic heterocycles. The number of hydrogen-bond donors (Lipinski definition) is 1. The van der Waals surface area contributed by atoms with E-state index in [0.717, 1.165) is 13.0 Å². The maximum Gasteiger partial charge on any atom is 0.331 e. The summed E-state index contributed by atoms with van der Waals surface area (Å²) in [7, 11) is 0. The lowest BCUT2D eigenvalue weighted by atomic mass is 10.4. The van der Waals surface area contributed by atoms with Crippen LogP contribution in [0.4, 0.5) is 0 Å². The van der Waals surface area contributed by atoms with Gasteiger partial charge in [-0.1, -0.05) is 0 Å². The van der Waals surface area contributed by atoms with Gasteiger partial charge in [-0.2, -0.15) is 0 Å². The second kappa shape index (κ2) is 6.68. The van der Waals surface area contributed by atoms with Crippen LogP contribution in [0.5, 0.6) is 0 Å². The summed E-state index contributed by atoms with van der Waals surface area (Å²) in [4.78, 5) is 26.0. The molecule has 1 fully saturated rings. The van der Waals surface area contributed by atoms with E-state index in [1.165, 1.54) is 36.6 Å². The number of likely N-dealkylation sites (tertiary alicyclic amines) is 1. The molecule has 1 aromatic rings. The summed E-state index contributed by atoms with van der Waals surface area (Å²) in [6.07, 6.45) is 5.07. The molecule has 0 atom stereocenters. The number of aryl methyl sites for hydroxylation is 1. The van der Waals surface area contributed by atoms with E-state index in [1.54, 1.807) is 10.8 Å². The van der Waals surface area contributed by atoms with Gasteiger partial charge in [-0.15, -0.1) is 0 Å². The zero-order chi connectivity index (χ0) is 13.7. The van der Waals surface area contributed by atoms with Gasteiger partial charge in [0.1, 0.15) is 0 Å². The van der Waals surface area contributed by atoms with E-state index in [-0.39, 0.29) is 17.8 Å². The lowest BCUT2D eigenvalue weighted by molar-refractivity contribution is 0.323. The molecule has 0 amide bonds. The molecule has 1 aliphatic heterocycles. The third-order valence-corrected chi connectivity index (χ3v) is 3.56. The Balaban J connectivity index is 1.98. The lowest BCUT2D eigenvalue weighted by Gasteiger charge is -2.15. The fourth-order valence-corrected chi connectivity index (χ4v) is 2.53. The zero-order valence-electron chi connectivity index (χ0n) is 11.3. The molecule has 0 bridgehead atoms. The molecule has 2 rings (SSSR count). The zero-order valence-corrected chi connectivity index (χ0v) is 11.3. The topological polar surface area (TPSA) is 73.3 Å². The molecule has 1 saturated heterocycles. The van der Waals surface area contributed by atoms with Crippen LogP contribution in [0.1, 0.15) is 19.3 Å². The molecule has 106 valence electrons. The third-order valence-electron chi connectivity index (χ3n) is 3.56. The summed E-state index contributed by atoms with van der Waals surface area (Å²) in [5, 5.41) is 0. The summed E-state index contributed by atoms with van der Waals surface area (Å²) >= 11 is 0. The molecular formula is C13H22N4O2. The van der Waals surface area contributed by atoms with Crippen molar-refractivity contribution in [2.45, 2.75) is 32.4 Å². The Bertz CT molecular complexity index is 514. The molecule has 0 saturated carbocycles. The van der Waals surface area contributed by atoms with Gasteiger partial charge in [-0.25, -0.2) is 4.79 Å². The average Bonchev–Trinajstić information content (AvgIpc) is 2.90. The van der Waals surface area contributed by atoms with E-state index in [1.807, 2.05) is 0 Å². The minimum Gasteiger partial charge on any atom is -0.329 e. The maximum absolute atomic E-state index is 12.1. The van der Waals surface area contributed by atoms with E-state index >= 15 is 0 Å². The first-order valence-electron chi connectivity index (χ1n) is 6.95. The van der Waals surface area contributed by atoms with Gasteiger partial charge in [0, 0.05) is 31.9 Å². The molecule has 0 radical (unpaired) electrons. The summed E-state index contributed by atoms with van der Waals surface area (Å²) in [5.74, 6) is 0. The summed E-state index contributed by atoms with van der Waals surface area (Å²) in [6.45, 7) is 4.59. The van der Waals surface area contributed by atoms with Crippen molar-refractivity contribution in [1.29, 1.82) is 0 Å². The van der Waals surface area contributed by atoms with Crippen molar-refractivity contribution in [2.24, 2.45) is 5.73 Å². The van der Waals surface area contributed by atoms with E-state index in [0.29, 0.717) is 13.1 Å². The van der Waals surface area contributed by atoms with Crippen LogP contribution < -0.4 is 17.0 Å². The number of hydrogen-bond acceptors (Lipinski definition) is 4. The van der Waals surface area contributed by atoms with Crippen LogP contribution in [0.3, 0.4) is 0 Å². The highest BCUT2D eigenvalue weighted by Gasteiger charge is 2.11. The standard InChI is InChI=1S/C13H22N4O2/c14-5-11-17-12(18)4-10-16(13(17)19)9-3-8-15-6-1-2-7-15/h4,10H,1-3,5-9,11,14H2. The Hall–Kier alpha value is -1.40. The van der Waals surface area contributed by atoms with Crippen molar-refractivity contribution in [2.75, 3.05) is 26.2 Å². The van der Waals surface area contributed by atoms with Crippen molar-refractivity contribution in [3.05, 3.63) is 33.1 Å².